The van der Waals surface area contributed by atoms with Crippen molar-refractivity contribution in [1.29, 1.82) is 0 Å². The summed E-state index contributed by atoms with van der Waals surface area (Å²) in [5.74, 6) is 0. The lowest BCUT2D eigenvalue weighted by Gasteiger charge is -2.22. The van der Waals surface area contributed by atoms with Crippen LogP contribution in [0, 0.1) is 0 Å². The summed E-state index contributed by atoms with van der Waals surface area (Å²) in [7, 11) is 2.19. The van der Waals surface area contributed by atoms with Gasteiger partial charge in [0.25, 0.3) is 0 Å². The van der Waals surface area contributed by atoms with Gasteiger partial charge in [0.2, 0.25) is 0 Å². The number of nitrogens with zero attached hydrogens (tertiary/aromatic N) is 1. The molecule has 0 N–H and O–H groups in total. The highest BCUT2D eigenvalue weighted by molar-refractivity contribution is 6.02. The predicted octanol–water partition coefficient (Wildman–Crippen LogP) is 4.48. The highest BCUT2D eigenvalue weighted by atomic mass is 15.0. The van der Waals surface area contributed by atoms with Gasteiger partial charge in [0.05, 0.1) is 0 Å². The molecule has 1 aliphatic rings. The maximum atomic E-state index is 2.37. The smallest absolute Gasteiger partial charge is 0.0486 e. The summed E-state index contributed by atoms with van der Waals surface area (Å²) in [5.41, 5.74) is 7.13. The molecule has 1 heteroatoms. The molecule has 4 rings (SSSR count). The summed E-state index contributed by atoms with van der Waals surface area (Å²) >= 11 is 0. The zero-order valence-electron chi connectivity index (χ0n) is 11.6. The van der Waals surface area contributed by atoms with Crippen molar-refractivity contribution in [3.8, 4) is 11.1 Å². The van der Waals surface area contributed by atoms with Crippen molar-refractivity contribution >= 4 is 10.9 Å². The summed E-state index contributed by atoms with van der Waals surface area (Å²) in [6.45, 7) is 4.66. The van der Waals surface area contributed by atoms with E-state index in [2.05, 4.69) is 74.0 Å². The molecule has 94 valence electrons. The van der Waals surface area contributed by atoms with E-state index in [4.69, 9.17) is 0 Å². The third kappa shape index (κ3) is 1.16. The topological polar surface area (TPSA) is 4.93 Å². The first kappa shape index (κ1) is 10.9. The minimum absolute atomic E-state index is 0.0830. The van der Waals surface area contributed by atoms with E-state index in [9.17, 15) is 0 Å². The Bertz CT molecular complexity index is 806. The molecule has 0 saturated carbocycles. The third-order valence-corrected chi connectivity index (χ3v) is 4.57. The number of aromatic nitrogens is 1. The Morgan fingerprint density at radius 1 is 0.895 bits per heavy atom. The Morgan fingerprint density at radius 2 is 1.58 bits per heavy atom. The Balaban J connectivity index is 2.26. The standard InChI is InChI=1S/C18H17N/c1-18(2)14-10-6-4-8-12(14)16-13-9-5-7-11-15(13)19(3)17(16)18/h4-11H,1-3H3. The second-order valence-corrected chi connectivity index (χ2v) is 5.97. The third-order valence-electron chi connectivity index (χ3n) is 4.57. The molecule has 1 nitrogen and oxygen atoms in total. The van der Waals surface area contributed by atoms with E-state index in [0.717, 1.165) is 0 Å². The summed E-state index contributed by atoms with van der Waals surface area (Å²) in [4.78, 5) is 0. The molecule has 0 radical (unpaired) electrons. The van der Waals surface area contributed by atoms with Crippen LogP contribution < -0.4 is 0 Å². The van der Waals surface area contributed by atoms with Gasteiger partial charge in [-0.05, 0) is 17.2 Å². The molecule has 0 aliphatic heterocycles. The molecular weight excluding hydrogens is 230 g/mol. The number of para-hydroxylation sites is 1. The maximum absolute atomic E-state index is 2.37. The number of rotatable bonds is 0. The molecule has 0 fully saturated rings. The zero-order chi connectivity index (χ0) is 13.2. The van der Waals surface area contributed by atoms with Crippen LogP contribution in [-0.4, -0.2) is 4.57 Å². The fraction of sp³-hybridized carbons (Fsp3) is 0.222. The number of benzene rings is 2. The number of fused-ring (bicyclic) bond motifs is 5. The Labute approximate surface area is 113 Å². The van der Waals surface area contributed by atoms with Gasteiger partial charge in [-0.3, -0.25) is 0 Å². The highest BCUT2D eigenvalue weighted by Crippen LogP contribution is 2.52. The van der Waals surface area contributed by atoms with Crippen LogP contribution in [0.25, 0.3) is 22.0 Å². The minimum atomic E-state index is 0.0830. The van der Waals surface area contributed by atoms with Gasteiger partial charge in [0, 0.05) is 34.6 Å². The minimum Gasteiger partial charge on any atom is -0.346 e. The van der Waals surface area contributed by atoms with Crippen LogP contribution in [0.1, 0.15) is 25.1 Å². The second-order valence-electron chi connectivity index (χ2n) is 5.97. The largest absolute Gasteiger partial charge is 0.346 e. The van der Waals surface area contributed by atoms with E-state index in [1.807, 2.05) is 0 Å². The van der Waals surface area contributed by atoms with Crippen LogP contribution in [0.15, 0.2) is 48.5 Å². The van der Waals surface area contributed by atoms with Crippen LogP contribution in [0.2, 0.25) is 0 Å². The second kappa shape index (κ2) is 3.30. The summed E-state index contributed by atoms with van der Waals surface area (Å²) in [5, 5.41) is 1.37. The van der Waals surface area contributed by atoms with E-state index in [1.54, 1.807) is 0 Å². The highest BCUT2D eigenvalue weighted by Gasteiger charge is 2.39. The van der Waals surface area contributed by atoms with Gasteiger partial charge in [-0.25, -0.2) is 0 Å². The van der Waals surface area contributed by atoms with Crippen molar-refractivity contribution in [2.24, 2.45) is 7.05 Å². The van der Waals surface area contributed by atoms with E-state index in [-0.39, 0.29) is 5.41 Å². The van der Waals surface area contributed by atoms with Crippen molar-refractivity contribution in [3.63, 3.8) is 0 Å². The molecule has 1 heterocycles. The number of hydrogen-bond donors (Lipinski definition) is 0. The lowest BCUT2D eigenvalue weighted by Crippen LogP contribution is -2.19. The van der Waals surface area contributed by atoms with Gasteiger partial charge < -0.3 is 4.57 Å². The van der Waals surface area contributed by atoms with Crippen LogP contribution >= 0.6 is 0 Å². The van der Waals surface area contributed by atoms with Crippen molar-refractivity contribution in [1.82, 2.24) is 4.57 Å². The van der Waals surface area contributed by atoms with Crippen molar-refractivity contribution in [2.45, 2.75) is 19.3 Å². The van der Waals surface area contributed by atoms with E-state index >= 15 is 0 Å². The zero-order valence-corrected chi connectivity index (χ0v) is 11.6. The van der Waals surface area contributed by atoms with Gasteiger partial charge in [0.1, 0.15) is 0 Å². The molecule has 0 atom stereocenters. The van der Waals surface area contributed by atoms with E-state index in [0.29, 0.717) is 0 Å². The molecule has 0 unspecified atom stereocenters. The van der Waals surface area contributed by atoms with E-state index in [1.165, 1.54) is 33.3 Å². The fourth-order valence-corrected chi connectivity index (χ4v) is 3.77. The maximum Gasteiger partial charge on any atom is 0.0486 e. The monoisotopic (exact) mass is 247 g/mol. The van der Waals surface area contributed by atoms with Crippen LogP contribution in [0.4, 0.5) is 0 Å². The average Bonchev–Trinajstić information content (AvgIpc) is 2.85. The summed E-state index contributed by atoms with van der Waals surface area (Å²) in [6, 6.07) is 17.5. The van der Waals surface area contributed by atoms with E-state index < -0.39 is 0 Å². The average molecular weight is 247 g/mol. The van der Waals surface area contributed by atoms with Crippen LogP contribution in [0.5, 0.6) is 0 Å². The van der Waals surface area contributed by atoms with Gasteiger partial charge in [-0.2, -0.15) is 0 Å². The van der Waals surface area contributed by atoms with Crippen molar-refractivity contribution in [3.05, 3.63) is 59.8 Å². The molecule has 2 aromatic carbocycles. The normalized spacial score (nSPS) is 15.5. The Morgan fingerprint density at radius 3 is 2.42 bits per heavy atom. The molecule has 1 aromatic heterocycles. The molecule has 0 saturated heterocycles. The molecule has 3 aromatic rings. The molecule has 0 spiro atoms. The first-order valence-corrected chi connectivity index (χ1v) is 6.80. The van der Waals surface area contributed by atoms with Crippen molar-refractivity contribution in [2.75, 3.05) is 0 Å². The van der Waals surface area contributed by atoms with Crippen molar-refractivity contribution < 1.29 is 0 Å². The Kier molecular flexibility index (Phi) is 1.88. The SMILES string of the molecule is Cn1c2c(c3ccccc31)-c1ccccc1C2(C)C. The predicted molar refractivity (Wildman–Crippen MR) is 80.5 cm³/mol. The van der Waals surface area contributed by atoms with Gasteiger partial charge in [-0.15, -0.1) is 0 Å². The molecule has 19 heavy (non-hydrogen) atoms. The van der Waals surface area contributed by atoms with Gasteiger partial charge >= 0.3 is 0 Å². The first-order chi connectivity index (χ1) is 9.12. The van der Waals surface area contributed by atoms with Crippen LogP contribution in [0.3, 0.4) is 0 Å². The van der Waals surface area contributed by atoms with Gasteiger partial charge in [-0.1, -0.05) is 56.3 Å². The first-order valence-electron chi connectivity index (χ1n) is 6.80. The Hall–Kier alpha value is -2.02. The molecule has 0 amide bonds. The van der Waals surface area contributed by atoms with Gasteiger partial charge in [0.15, 0.2) is 0 Å². The fourth-order valence-electron chi connectivity index (χ4n) is 3.77. The lowest BCUT2D eigenvalue weighted by molar-refractivity contribution is 0.607. The lowest BCUT2D eigenvalue weighted by atomic mass is 9.85. The summed E-state index contributed by atoms with van der Waals surface area (Å²) in [6.07, 6.45) is 0. The number of hydrogen-bond acceptors (Lipinski definition) is 0. The quantitative estimate of drug-likeness (QED) is 0.552. The molecule has 1 aliphatic carbocycles. The summed E-state index contributed by atoms with van der Waals surface area (Å²) < 4.78 is 2.37. The molecular formula is C18H17N. The number of aryl methyl sites for hydroxylation is 1. The molecule has 0 bridgehead atoms. The van der Waals surface area contributed by atoms with Crippen LogP contribution in [-0.2, 0) is 12.5 Å².